The molecular weight excluding hydrogens is 152 g/mol. The van der Waals surface area contributed by atoms with E-state index in [0.29, 0.717) is 5.69 Å². The molecule has 0 fully saturated rings. The first-order chi connectivity index (χ1) is 4.79. The number of rotatable bonds is 2. The van der Waals surface area contributed by atoms with Gasteiger partial charge in [-0.1, -0.05) is 0 Å². The van der Waals surface area contributed by atoms with Gasteiger partial charge in [-0.05, 0) is 12.1 Å². The molecule has 0 aliphatic heterocycles. The minimum Gasteiger partial charge on any atom is -0.289 e. The molecule has 2 N–H and O–H groups in total. The maximum atomic E-state index is 10.1. The highest BCUT2D eigenvalue weighted by Crippen LogP contribution is 2.01. The second-order valence-corrected chi connectivity index (χ2v) is 2.30. The monoisotopic (exact) mass is 158 g/mol. The molecule has 0 spiro atoms. The summed E-state index contributed by atoms with van der Waals surface area (Å²) in [7, 11) is 0. The van der Waals surface area contributed by atoms with Gasteiger partial charge < -0.3 is 0 Å². The quantitative estimate of drug-likeness (QED) is 0.620. The van der Waals surface area contributed by atoms with E-state index in [1.54, 1.807) is 18.3 Å². The predicted octanol–water partition coefficient (Wildman–Crippen LogP) is 0.630. The van der Waals surface area contributed by atoms with Crippen molar-refractivity contribution in [1.82, 2.24) is 4.98 Å². The van der Waals surface area contributed by atoms with Crippen molar-refractivity contribution < 1.29 is 8.76 Å². The topological polar surface area (TPSA) is 62.2 Å². The van der Waals surface area contributed by atoms with E-state index in [2.05, 4.69) is 9.71 Å². The molecule has 0 amide bonds. The summed E-state index contributed by atoms with van der Waals surface area (Å²) in [5, 5.41) is 0. The van der Waals surface area contributed by atoms with Crippen LogP contribution in [0.1, 0.15) is 0 Å². The normalized spacial score (nSPS) is 12.5. The maximum absolute atomic E-state index is 10.1. The lowest BCUT2D eigenvalue weighted by atomic mass is 10.4. The summed E-state index contributed by atoms with van der Waals surface area (Å²) < 4.78 is 20.8. The van der Waals surface area contributed by atoms with Gasteiger partial charge >= 0.3 is 0 Å². The van der Waals surface area contributed by atoms with Crippen LogP contribution in [0.3, 0.4) is 0 Å². The van der Waals surface area contributed by atoms with Gasteiger partial charge in [0.15, 0.2) is 0 Å². The van der Waals surface area contributed by atoms with Gasteiger partial charge in [0.25, 0.3) is 11.3 Å². The molecule has 1 aromatic heterocycles. The van der Waals surface area contributed by atoms with Crippen LogP contribution in [0.25, 0.3) is 0 Å². The van der Waals surface area contributed by atoms with Gasteiger partial charge in [-0.3, -0.25) is 14.3 Å². The molecule has 0 radical (unpaired) electrons. The van der Waals surface area contributed by atoms with Crippen LogP contribution < -0.4 is 4.72 Å². The molecule has 0 saturated heterocycles. The van der Waals surface area contributed by atoms with E-state index in [-0.39, 0.29) is 0 Å². The van der Waals surface area contributed by atoms with Crippen LogP contribution in [0.5, 0.6) is 0 Å². The van der Waals surface area contributed by atoms with E-state index in [4.69, 9.17) is 4.55 Å². The van der Waals surface area contributed by atoms with Crippen LogP contribution in [0, 0.1) is 0 Å². The largest absolute Gasteiger partial charge is 0.289 e. The Hall–Kier alpha value is -0.940. The third kappa shape index (κ3) is 2.12. The van der Waals surface area contributed by atoms with E-state index >= 15 is 0 Å². The molecule has 0 saturated carbocycles. The van der Waals surface area contributed by atoms with E-state index in [9.17, 15) is 4.21 Å². The summed E-state index contributed by atoms with van der Waals surface area (Å²) in [6, 6.07) is 3.33. The summed E-state index contributed by atoms with van der Waals surface area (Å²) in [6.07, 6.45) is 3.06. The zero-order chi connectivity index (χ0) is 7.40. The van der Waals surface area contributed by atoms with Crippen LogP contribution in [-0.2, 0) is 11.3 Å². The first-order valence-electron chi connectivity index (χ1n) is 2.56. The van der Waals surface area contributed by atoms with Crippen molar-refractivity contribution in [2.75, 3.05) is 4.72 Å². The first kappa shape index (κ1) is 7.17. The van der Waals surface area contributed by atoms with Crippen molar-refractivity contribution in [3.8, 4) is 0 Å². The number of pyridine rings is 1. The Morgan fingerprint density at radius 1 is 1.70 bits per heavy atom. The van der Waals surface area contributed by atoms with Crippen molar-refractivity contribution >= 4 is 17.0 Å². The summed E-state index contributed by atoms with van der Waals surface area (Å²) in [4.78, 5) is 3.73. The number of nitrogens with one attached hydrogen (secondary N) is 1. The van der Waals surface area contributed by atoms with Gasteiger partial charge in [-0.15, -0.1) is 0 Å². The molecule has 0 aliphatic carbocycles. The summed E-state index contributed by atoms with van der Waals surface area (Å²) in [5.74, 6) is 0. The Labute approximate surface area is 60.7 Å². The molecular formula is C5H6N2O2S. The molecule has 4 nitrogen and oxygen atoms in total. The number of hydrogen-bond acceptors (Lipinski definition) is 2. The standard InChI is InChI=1S/C5H6N2O2S/c8-10(9)7-5-2-1-3-6-4-5/h1-4,7H,(H,8,9). The maximum Gasteiger partial charge on any atom is 0.259 e. The van der Waals surface area contributed by atoms with Gasteiger partial charge in [0, 0.05) is 6.20 Å². The SMILES string of the molecule is O=S(O)Nc1cccnc1. The first-order valence-corrected chi connectivity index (χ1v) is 3.67. The van der Waals surface area contributed by atoms with Crippen molar-refractivity contribution in [2.45, 2.75) is 0 Å². The highest BCUT2D eigenvalue weighted by molar-refractivity contribution is 7.80. The molecule has 0 bridgehead atoms. The average Bonchev–Trinajstić information content (AvgIpc) is 1.88. The van der Waals surface area contributed by atoms with Crippen molar-refractivity contribution in [3.05, 3.63) is 24.5 Å². The zero-order valence-electron chi connectivity index (χ0n) is 5.02. The smallest absolute Gasteiger partial charge is 0.259 e. The van der Waals surface area contributed by atoms with Crippen LogP contribution >= 0.6 is 0 Å². The van der Waals surface area contributed by atoms with Gasteiger partial charge in [0.1, 0.15) is 0 Å². The number of anilines is 1. The highest BCUT2D eigenvalue weighted by atomic mass is 32.2. The lowest BCUT2D eigenvalue weighted by molar-refractivity contribution is 0.570. The molecule has 5 heteroatoms. The van der Waals surface area contributed by atoms with Crippen LogP contribution in [-0.4, -0.2) is 13.7 Å². The minimum absolute atomic E-state index is 0.531. The Bertz CT molecular complexity index is 226. The highest BCUT2D eigenvalue weighted by Gasteiger charge is 1.91. The van der Waals surface area contributed by atoms with Crippen molar-refractivity contribution in [1.29, 1.82) is 0 Å². The van der Waals surface area contributed by atoms with E-state index in [0.717, 1.165) is 0 Å². The van der Waals surface area contributed by atoms with Gasteiger partial charge in [0.05, 0.1) is 11.9 Å². The van der Waals surface area contributed by atoms with E-state index < -0.39 is 11.3 Å². The lowest BCUT2D eigenvalue weighted by Crippen LogP contribution is -2.01. The van der Waals surface area contributed by atoms with Crippen molar-refractivity contribution in [3.63, 3.8) is 0 Å². The molecule has 1 atom stereocenters. The van der Waals surface area contributed by atoms with Gasteiger partial charge in [-0.2, -0.15) is 0 Å². The summed E-state index contributed by atoms with van der Waals surface area (Å²) >= 11 is -2.01. The zero-order valence-corrected chi connectivity index (χ0v) is 5.84. The van der Waals surface area contributed by atoms with Crippen molar-refractivity contribution in [2.24, 2.45) is 0 Å². The fourth-order valence-corrected chi connectivity index (χ4v) is 0.846. The second kappa shape index (κ2) is 3.28. The molecule has 10 heavy (non-hydrogen) atoms. The number of aromatic nitrogens is 1. The Morgan fingerprint density at radius 3 is 3.00 bits per heavy atom. The minimum atomic E-state index is -2.01. The molecule has 1 unspecified atom stereocenters. The lowest BCUT2D eigenvalue weighted by Gasteiger charge is -1.96. The predicted molar refractivity (Wildman–Crippen MR) is 38.6 cm³/mol. The Kier molecular flexibility index (Phi) is 2.35. The fourth-order valence-electron chi connectivity index (χ4n) is 0.524. The molecule has 54 valence electrons. The van der Waals surface area contributed by atoms with Gasteiger partial charge in [0.2, 0.25) is 0 Å². The van der Waals surface area contributed by atoms with Crippen LogP contribution in [0.4, 0.5) is 5.69 Å². The molecule has 1 rings (SSSR count). The van der Waals surface area contributed by atoms with Crippen LogP contribution in [0.15, 0.2) is 24.5 Å². The van der Waals surface area contributed by atoms with Gasteiger partial charge in [-0.25, -0.2) is 4.21 Å². The van der Waals surface area contributed by atoms with E-state index in [1.807, 2.05) is 0 Å². The second-order valence-electron chi connectivity index (χ2n) is 1.59. The van der Waals surface area contributed by atoms with E-state index in [1.165, 1.54) is 6.20 Å². The number of hydrogen-bond donors (Lipinski definition) is 2. The third-order valence-corrected chi connectivity index (χ3v) is 1.28. The fraction of sp³-hybridized carbons (Fsp3) is 0. The average molecular weight is 158 g/mol. The third-order valence-electron chi connectivity index (χ3n) is 0.867. The molecule has 1 heterocycles. The molecule has 1 aromatic rings. The Morgan fingerprint density at radius 2 is 2.50 bits per heavy atom. The molecule has 0 aromatic carbocycles. The molecule has 0 aliphatic rings. The summed E-state index contributed by atoms with van der Waals surface area (Å²) in [6.45, 7) is 0. The van der Waals surface area contributed by atoms with Crippen LogP contribution in [0.2, 0.25) is 0 Å². The Balaban J connectivity index is 2.67. The summed E-state index contributed by atoms with van der Waals surface area (Å²) in [5.41, 5.74) is 0.531. The number of nitrogens with zero attached hydrogens (tertiary/aromatic N) is 1.